The van der Waals surface area contributed by atoms with Gasteiger partial charge in [-0.15, -0.1) is 0 Å². The Morgan fingerprint density at radius 3 is 3.18 bits per heavy atom. The van der Waals surface area contributed by atoms with Gasteiger partial charge in [-0.25, -0.2) is 0 Å². The van der Waals surface area contributed by atoms with E-state index in [1.807, 2.05) is 18.2 Å². The highest BCUT2D eigenvalue weighted by molar-refractivity contribution is 6.30. The Labute approximate surface area is 68.5 Å². The largest absolute Gasteiger partial charge is 0.278 e. The zero-order chi connectivity index (χ0) is 7.68. The van der Waals surface area contributed by atoms with Gasteiger partial charge in [-0.1, -0.05) is 11.6 Å². The van der Waals surface area contributed by atoms with E-state index in [1.54, 1.807) is 12.3 Å². The van der Waals surface area contributed by atoms with Crippen LogP contribution < -0.4 is 15.7 Å². The average Bonchev–Trinajstić information content (AvgIpc) is 2.04. The lowest BCUT2D eigenvalue weighted by Crippen LogP contribution is -2.27. The van der Waals surface area contributed by atoms with Gasteiger partial charge in [-0.05, 0) is 18.2 Å². The summed E-state index contributed by atoms with van der Waals surface area (Å²) in [5, 5.41) is 10.3. The molecule has 1 aliphatic heterocycles. The molecule has 0 atom stereocenters. The summed E-state index contributed by atoms with van der Waals surface area (Å²) in [4.78, 5) is 0. The van der Waals surface area contributed by atoms with E-state index >= 15 is 0 Å². The Morgan fingerprint density at radius 2 is 2.27 bits per heavy atom. The number of fused-ring (bicyclic) bond motifs is 1. The van der Waals surface area contributed by atoms with Crippen molar-refractivity contribution < 1.29 is 0 Å². The van der Waals surface area contributed by atoms with E-state index in [0.29, 0.717) is 0 Å². The number of hydrogen-bond acceptors (Lipinski definition) is 2. The quantitative estimate of drug-likeness (QED) is 0.519. The maximum atomic E-state index is 5.77. The molecule has 2 rings (SSSR count). The summed E-state index contributed by atoms with van der Waals surface area (Å²) in [5.74, 6) is 0. The fourth-order valence-corrected chi connectivity index (χ4v) is 1.14. The summed E-state index contributed by atoms with van der Waals surface area (Å²) in [6.07, 6.45) is 3.53. The van der Waals surface area contributed by atoms with E-state index in [2.05, 4.69) is 10.2 Å². The van der Waals surface area contributed by atoms with Crippen LogP contribution in [-0.2, 0) is 0 Å². The van der Waals surface area contributed by atoms with Crippen LogP contribution >= 0.6 is 11.6 Å². The first-order valence-electron chi connectivity index (χ1n) is 3.23. The van der Waals surface area contributed by atoms with Crippen LogP contribution in [0.1, 0.15) is 0 Å². The first kappa shape index (κ1) is 6.55. The van der Waals surface area contributed by atoms with Crippen molar-refractivity contribution in [3.05, 3.63) is 33.8 Å². The maximum absolute atomic E-state index is 5.77. The van der Waals surface area contributed by atoms with Gasteiger partial charge in [0.1, 0.15) is 5.36 Å². The lowest BCUT2D eigenvalue weighted by Gasteiger charge is -1.87. The van der Waals surface area contributed by atoms with Gasteiger partial charge in [0.15, 0.2) is 0 Å². The Hall–Kier alpha value is -1.15. The third-order valence-corrected chi connectivity index (χ3v) is 1.71. The summed E-state index contributed by atoms with van der Waals surface area (Å²) in [5.41, 5.74) is 0. The molecule has 0 bridgehead atoms. The van der Waals surface area contributed by atoms with E-state index in [0.717, 1.165) is 15.6 Å². The molecule has 0 N–H and O–H groups in total. The molecule has 0 unspecified atom stereocenters. The van der Waals surface area contributed by atoms with Crippen molar-refractivity contribution in [2.45, 2.75) is 0 Å². The van der Waals surface area contributed by atoms with Gasteiger partial charge in [0.25, 0.3) is 6.21 Å². The van der Waals surface area contributed by atoms with Crippen molar-refractivity contribution in [3.8, 4) is 0 Å². The van der Waals surface area contributed by atoms with Crippen LogP contribution in [0.15, 0.2) is 23.3 Å². The van der Waals surface area contributed by atoms with Crippen molar-refractivity contribution in [3.63, 3.8) is 0 Å². The molecule has 0 spiro atoms. The highest BCUT2D eigenvalue weighted by Gasteiger charge is 1.98. The van der Waals surface area contributed by atoms with E-state index < -0.39 is 0 Å². The fraction of sp³-hybridized carbons (Fsp3) is 0. The molecular formula is C8H5ClN2+. The molecule has 1 aromatic rings. The Kier molecular flexibility index (Phi) is 1.47. The molecule has 11 heavy (non-hydrogen) atoms. The van der Waals surface area contributed by atoms with Gasteiger partial charge < -0.3 is 0 Å². The van der Waals surface area contributed by atoms with Crippen LogP contribution in [0.2, 0.25) is 5.02 Å². The third kappa shape index (κ3) is 1.17. The molecule has 0 fully saturated rings. The van der Waals surface area contributed by atoms with Crippen molar-refractivity contribution in [1.82, 2.24) is 5.10 Å². The second-order valence-corrected chi connectivity index (χ2v) is 2.67. The van der Waals surface area contributed by atoms with Crippen molar-refractivity contribution in [2.75, 3.05) is 0 Å². The van der Waals surface area contributed by atoms with Gasteiger partial charge in [0.2, 0.25) is 5.10 Å². The molecule has 0 aliphatic carbocycles. The molecule has 0 aromatic heterocycles. The summed E-state index contributed by atoms with van der Waals surface area (Å²) >= 11 is 5.77. The number of rotatable bonds is 0. The number of nitrogens with zero attached hydrogens (tertiary/aromatic N) is 2. The third-order valence-electron chi connectivity index (χ3n) is 1.48. The first-order chi connectivity index (χ1) is 5.36. The van der Waals surface area contributed by atoms with Gasteiger partial charge in [0, 0.05) is 16.3 Å². The molecule has 53 valence electrons. The van der Waals surface area contributed by atoms with Crippen molar-refractivity contribution >= 4 is 23.9 Å². The van der Waals surface area contributed by atoms with Crippen molar-refractivity contribution in [2.24, 2.45) is 5.10 Å². The van der Waals surface area contributed by atoms with E-state index in [-0.39, 0.29) is 0 Å². The zero-order valence-corrected chi connectivity index (χ0v) is 6.42. The molecule has 0 amide bonds. The maximum Gasteiger partial charge on any atom is 0.278 e. The summed E-state index contributed by atoms with van der Waals surface area (Å²) in [6.45, 7) is 0. The smallest absolute Gasteiger partial charge is 0.0843 e. The second-order valence-electron chi connectivity index (χ2n) is 2.23. The lowest BCUT2D eigenvalue weighted by molar-refractivity contribution is 1.02. The molecular weight excluding hydrogens is 160 g/mol. The van der Waals surface area contributed by atoms with Gasteiger partial charge in [0.05, 0.1) is 5.10 Å². The Bertz CT molecular complexity index is 420. The average molecular weight is 165 g/mol. The van der Waals surface area contributed by atoms with Gasteiger partial charge in [-0.2, -0.15) is 0 Å². The fourth-order valence-electron chi connectivity index (χ4n) is 0.959. The Morgan fingerprint density at radius 1 is 1.36 bits per heavy atom. The SMILES string of the molecule is Clc1ccc2c(c1)=CC=[N+]N=2. The van der Waals surface area contributed by atoms with Crippen LogP contribution in [-0.4, -0.2) is 6.21 Å². The molecule has 0 saturated carbocycles. The number of halogens is 1. The molecule has 1 radical (unpaired) electrons. The zero-order valence-electron chi connectivity index (χ0n) is 5.66. The molecule has 1 heterocycles. The minimum absolute atomic E-state index is 0.727. The predicted octanol–water partition coefficient (Wildman–Crippen LogP) is 0.0753. The van der Waals surface area contributed by atoms with Crippen LogP contribution in [0, 0.1) is 0 Å². The van der Waals surface area contributed by atoms with E-state index in [1.165, 1.54) is 0 Å². The van der Waals surface area contributed by atoms with Crippen LogP contribution in [0.4, 0.5) is 0 Å². The molecule has 1 aromatic carbocycles. The second kappa shape index (κ2) is 2.47. The van der Waals surface area contributed by atoms with Crippen molar-refractivity contribution in [1.29, 1.82) is 0 Å². The summed E-state index contributed by atoms with van der Waals surface area (Å²) in [7, 11) is 0. The monoisotopic (exact) mass is 164 g/mol. The minimum Gasteiger partial charge on any atom is -0.0843 e. The van der Waals surface area contributed by atoms with E-state index in [9.17, 15) is 0 Å². The predicted molar refractivity (Wildman–Crippen MR) is 44.9 cm³/mol. The topological polar surface area (TPSA) is 26.5 Å². The van der Waals surface area contributed by atoms with Crippen LogP contribution in [0.3, 0.4) is 0 Å². The molecule has 1 aliphatic rings. The molecule has 0 saturated heterocycles. The Balaban J connectivity index is 2.86. The highest BCUT2D eigenvalue weighted by Crippen LogP contribution is 1.99. The van der Waals surface area contributed by atoms with Gasteiger partial charge >= 0.3 is 0 Å². The number of benzene rings is 1. The standard InChI is InChI=1S/C8H5ClN2/c9-7-1-2-8-6(5-7)3-4-10-11-8/h1-5H/q+1. The summed E-state index contributed by atoms with van der Waals surface area (Å²) in [6, 6.07) is 5.52. The van der Waals surface area contributed by atoms with Crippen LogP contribution in [0.25, 0.3) is 6.08 Å². The van der Waals surface area contributed by atoms with Gasteiger partial charge in [-0.3, -0.25) is 0 Å². The lowest BCUT2D eigenvalue weighted by atomic mass is 10.2. The number of hydrogen-bond donors (Lipinski definition) is 0. The first-order valence-corrected chi connectivity index (χ1v) is 3.61. The molecule has 3 heteroatoms. The van der Waals surface area contributed by atoms with E-state index in [4.69, 9.17) is 11.6 Å². The highest BCUT2D eigenvalue weighted by atomic mass is 35.5. The molecule has 2 nitrogen and oxygen atoms in total. The summed E-state index contributed by atoms with van der Waals surface area (Å²) < 4.78 is 0. The normalized spacial score (nSPS) is 13.2. The minimum atomic E-state index is 0.727. The van der Waals surface area contributed by atoms with Crippen LogP contribution in [0.5, 0.6) is 0 Å².